The molecule has 19 heavy (non-hydrogen) atoms. The largest absolute Gasteiger partial charge is 0.382 e. The van der Waals surface area contributed by atoms with Crippen molar-refractivity contribution in [1.29, 1.82) is 0 Å². The monoisotopic (exact) mass is 279 g/mol. The van der Waals surface area contributed by atoms with Gasteiger partial charge in [-0.25, -0.2) is 4.39 Å². The average Bonchev–Trinajstić information content (AvgIpc) is 2.43. The van der Waals surface area contributed by atoms with Crippen molar-refractivity contribution in [2.45, 2.75) is 6.04 Å². The number of methoxy groups -OCH3 is 1. The molecule has 1 atom stereocenters. The Morgan fingerprint density at radius 3 is 2.63 bits per heavy atom. The van der Waals surface area contributed by atoms with E-state index in [1.165, 1.54) is 18.2 Å². The van der Waals surface area contributed by atoms with E-state index in [2.05, 4.69) is 5.32 Å². The van der Waals surface area contributed by atoms with Gasteiger partial charge in [0.05, 0.1) is 23.4 Å². The minimum absolute atomic E-state index is 0.0782. The first-order valence-electron chi connectivity index (χ1n) is 5.96. The second-order valence-electron chi connectivity index (χ2n) is 4.19. The van der Waals surface area contributed by atoms with Crippen LogP contribution in [0.5, 0.6) is 0 Å². The highest BCUT2D eigenvalue weighted by molar-refractivity contribution is 6.33. The van der Waals surface area contributed by atoms with Crippen LogP contribution < -0.4 is 5.32 Å². The highest BCUT2D eigenvalue weighted by Crippen LogP contribution is 2.27. The lowest BCUT2D eigenvalue weighted by Gasteiger charge is -2.20. The maximum absolute atomic E-state index is 13.3. The van der Waals surface area contributed by atoms with E-state index in [9.17, 15) is 4.39 Å². The molecular weight excluding hydrogens is 265 g/mol. The van der Waals surface area contributed by atoms with Crippen LogP contribution in [0.25, 0.3) is 0 Å². The van der Waals surface area contributed by atoms with E-state index in [0.29, 0.717) is 17.3 Å². The Balaban J connectivity index is 2.24. The molecule has 4 heteroatoms. The molecule has 0 heterocycles. The Morgan fingerprint density at radius 1 is 1.21 bits per heavy atom. The first-order chi connectivity index (χ1) is 9.20. The molecule has 2 aromatic rings. The zero-order chi connectivity index (χ0) is 13.7. The predicted octanol–water partition coefficient (Wildman–Crippen LogP) is 4.28. The maximum Gasteiger partial charge on any atom is 0.125 e. The van der Waals surface area contributed by atoms with E-state index >= 15 is 0 Å². The standard InChI is InChI=1S/C15H15ClFNO/c1-19-10-15(11-5-3-2-4-6-11)18-14-9-12(17)7-8-13(14)16/h2-9,15,18H,10H2,1H3. The second-order valence-corrected chi connectivity index (χ2v) is 4.59. The SMILES string of the molecule is COCC(Nc1cc(F)ccc1Cl)c1ccccc1. The van der Waals surface area contributed by atoms with Gasteiger partial charge in [-0.15, -0.1) is 0 Å². The summed E-state index contributed by atoms with van der Waals surface area (Å²) in [5.41, 5.74) is 1.62. The van der Waals surface area contributed by atoms with Gasteiger partial charge < -0.3 is 10.1 Å². The molecule has 100 valence electrons. The van der Waals surface area contributed by atoms with E-state index in [4.69, 9.17) is 16.3 Å². The van der Waals surface area contributed by atoms with Gasteiger partial charge in [-0.3, -0.25) is 0 Å². The second kappa shape index (κ2) is 6.55. The highest BCUT2D eigenvalue weighted by Gasteiger charge is 2.13. The number of anilines is 1. The van der Waals surface area contributed by atoms with Gasteiger partial charge in [0.25, 0.3) is 0 Å². The Hall–Kier alpha value is -1.58. The fourth-order valence-electron chi connectivity index (χ4n) is 1.87. The third-order valence-corrected chi connectivity index (χ3v) is 3.12. The summed E-state index contributed by atoms with van der Waals surface area (Å²) < 4.78 is 18.5. The minimum atomic E-state index is -0.323. The molecule has 0 spiro atoms. The van der Waals surface area contributed by atoms with E-state index in [1.807, 2.05) is 30.3 Å². The molecule has 0 aliphatic carbocycles. The van der Waals surface area contributed by atoms with E-state index in [1.54, 1.807) is 7.11 Å². The molecule has 0 aliphatic rings. The lowest BCUT2D eigenvalue weighted by Crippen LogP contribution is -2.16. The third kappa shape index (κ3) is 3.69. The summed E-state index contributed by atoms with van der Waals surface area (Å²) in [5, 5.41) is 3.69. The molecule has 2 nitrogen and oxygen atoms in total. The lowest BCUT2D eigenvalue weighted by molar-refractivity contribution is 0.186. The summed E-state index contributed by atoms with van der Waals surface area (Å²) >= 11 is 6.06. The van der Waals surface area contributed by atoms with E-state index < -0.39 is 0 Å². The summed E-state index contributed by atoms with van der Waals surface area (Å²) in [6.07, 6.45) is 0. The van der Waals surface area contributed by atoms with Crippen molar-refractivity contribution >= 4 is 17.3 Å². The average molecular weight is 280 g/mol. The molecule has 0 saturated carbocycles. The van der Waals surface area contributed by atoms with Crippen LogP contribution in [0.15, 0.2) is 48.5 Å². The summed E-state index contributed by atoms with van der Waals surface area (Å²) in [6, 6.07) is 14.0. The van der Waals surface area contributed by atoms with Gasteiger partial charge in [0.15, 0.2) is 0 Å². The van der Waals surface area contributed by atoms with Gasteiger partial charge in [0.2, 0.25) is 0 Å². The summed E-state index contributed by atoms with van der Waals surface area (Å²) in [7, 11) is 1.63. The normalized spacial score (nSPS) is 12.2. The zero-order valence-electron chi connectivity index (χ0n) is 10.6. The van der Waals surface area contributed by atoms with Crippen LogP contribution in [0.3, 0.4) is 0 Å². The molecule has 2 rings (SSSR count). The van der Waals surface area contributed by atoms with Gasteiger partial charge in [-0.1, -0.05) is 41.9 Å². The number of rotatable bonds is 5. The predicted molar refractivity (Wildman–Crippen MR) is 76.1 cm³/mol. The fraction of sp³-hybridized carbons (Fsp3) is 0.200. The summed E-state index contributed by atoms with van der Waals surface area (Å²) in [4.78, 5) is 0. The zero-order valence-corrected chi connectivity index (χ0v) is 11.3. The van der Waals surface area contributed by atoms with Crippen LogP contribution in [-0.4, -0.2) is 13.7 Å². The van der Waals surface area contributed by atoms with Crippen molar-refractivity contribution in [1.82, 2.24) is 0 Å². The van der Waals surface area contributed by atoms with Crippen LogP contribution in [0.4, 0.5) is 10.1 Å². The Bertz CT molecular complexity index is 533. The molecule has 0 aromatic heterocycles. The van der Waals surface area contributed by atoms with Crippen molar-refractivity contribution in [3.63, 3.8) is 0 Å². The smallest absolute Gasteiger partial charge is 0.125 e. The number of halogens is 2. The fourth-order valence-corrected chi connectivity index (χ4v) is 2.04. The van der Waals surface area contributed by atoms with Crippen molar-refractivity contribution in [2.75, 3.05) is 19.0 Å². The molecule has 0 aliphatic heterocycles. The van der Waals surface area contributed by atoms with Crippen molar-refractivity contribution in [3.05, 3.63) is 64.9 Å². The molecule has 0 fully saturated rings. The molecule has 1 N–H and O–H groups in total. The van der Waals surface area contributed by atoms with Crippen LogP contribution in [0.1, 0.15) is 11.6 Å². The quantitative estimate of drug-likeness (QED) is 0.882. The van der Waals surface area contributed by atoms with Crippen LogP contribution in [0.2, 0.25) is 5.02 Å². The number of hydrogen-bond donors (Lipinski definition) is 1. The third-order valence-electron chi connectivity index (χ3n) is 2.79. The van der Waals surface area contributed by atoms with Gasteiger partial charge in [-0.05, 0) is 23.8 Å². The van der Waals surface area contributed by atoms with Crippen molar-refractivity contribution in [2.24, 2.45) is 0 Å². The van der Waals surface area contributed by atoms with Gasteiger partial charge in [0, 0.05) is 7.11 Å². The number of hydrogen-bond acceptors (Lipinski definition) is 2. The van der Waals surface area contributed by atoms with E-state index in [-0.39, 0.29) is 11.9 Å². The number of nitrogens with one attached hydrogen (secondary N) is 1. The van der Waals surface area contributed by atoms with Crippen LogP contribution >= 0.6 is 11.6 Å². The molecule has 0 bridgehead atoms. The highest BCUT2D eigenvalue weighted by atomic mass is 35.5. The molecule has 0 radical (unpaired) electrons. The maximum atomic E-state index is 13.3. The molecule has 0 amide bonds. The lowest BCUT2D eigenvalue weighted by atomic mass is 10.1. The van der Waals surface area contributed by atoms with Crippen molar-refractivity contribution < 1.29 is 9.13 Å². The minimum Gasteiger partial charge on any atom is -0.382 e. The number of benzene rings is 2. The Kier molecular flexibility index (Phi) is 4.77. The van der Waals surface area contributed by atoms with Gasteiger partial charge in [-0.2, -0.15) is 0 Å². The summed E-state index contributed by atoms with van der Waals surface area (Å²) in [5.74, 6) is -0.323. The molecular formula is C15H15ClFNO. The van der Waals surface area contributed by atoms with E-state index in [0.717, 1.165) is 5.56 Å². The molecule has 2 aromatic carbocycles. The first-order valence-corrected chi connectivity index (χ1v) is 6.34. The Morgan fingerprint density at radius 2 is 1.95 bits per heavy atom. The van der Waals surface area contributed by atoms with Gasteiger partial charge >= 0.3 is 0 Å². The summed E-state index contributed by atoms with van der Waals surface area (Å²) in [6.45, 7) is 0.469. The topological polar surface area (TPSA) is 21.3 Å². The van der Waals surface area contributed by atoms with Crippen molar-refractivity contribution in [3.8, 4) is 0 Å². The van der Waals surface area contributed by atoms with Crippen LogP contribution in [0, 0.1) is 5.82 Å². The molecule has 1 unspecified atom stereocenters. The Labute approximate surface area is 117 Å². The molecule has 0 saturated heterocycles. The first kappa shape index (κ1) is 13.8. The number of ether oxygens (including phenoxy) is 1. The van der Waals surface area contributed by atoms with Gasteiger partial charge in [0.1, 0.15) is 5.82 Å². The van der Waals surface area contributed by atoms with Crippen LogP contribution in [-0.2, 0) is 4.74 Å².